The monoisotopic (exact) mass is 261 g/mol. The van der Waals surface area contributed by atoms with Crippen molar-refractivity contribution in [2.24, 2.45) is 29.6 Å². The van der Waals surface area contributed by atoms with Gasteiger partial charge in [-0.2, -0.15) is 0 Å². The highest BCUT2D eigenvalue weighted by Crippen LogP contribution is 2.55. The second-order valence-electron chi connectivity index (χ2n) is 8.70. The Kier molecular flexibility index (Phi) is 3.17. The Bertz CT molecular complexity index is 291. The topological polar surface area (TPSA) is 12.0 Å². The van der Waals surface area contributed by atoms with E-state index < -0.39 is 0 Å². The quantitative estimate of drug-likeness (QED) is 0.795. The third-order valence-electron chi connectivity index (χ3n) is 6.94. The Balaban J connectivity index is 1.35. The van der Waals surface area contributed by atoms with Gasteiger partial charge in [0.05, 0.1) is 0 Å². The van der Waals surface area contributed by atoms with Crippen molar-refractivity contribution in [2.75, 3.05) is 6.54 Å². The molecule has 1 N–H and O–H groups in total. The van der Waals surface area contributed by atoms with Crippen molar-refractivity contribution in [3.8, 4) is 0 Å². The van der Waals surface area contributed by atoms with E-state index in [0.29, 0.717) is 5.54 Å². The molecule has 5 aliphatic rings. The van der Waals surface area contributed by atoms with Crippen LogP contribution in [0.3, 0.4) is 0 Å². The molecule has 0 saturated heterocycles. The van der Waals surface area contributed by atoms with Gasteiger partial charge in [0.1, 0.15) is 0 Å². The summed E-state index contributed by atoms with van der Waals surface area (Å²) in [6.07, 6.45) is 15.2. The fourth-order valence-corrected chi connectivity index (χ4v) is 6.22. The maximum absolute atomic E-state index is 4.11. The van der Waals surface area contributed by atoms with Gasteiger partial charge in [0.15, 0.2) is 0 Å². The Morgan fingerprint density at radius 2 is 1.37 bits per heavy atom. The molecule has 1 heteroatoms. The van der Waals surface area contributed by atoms with Gasteiger partial charge in [-0.15, -0.1) is 0 Å². The maximum Gasteiger partial charge on any atom is 0.0189 e. The number of hydrogen-bond donors (Lipinski definition) is 1. The Morgan fingerprint density at radius 3 is 1.89 bits per heavy atom. The molecule has 0 aromatic carbocycles. The van der Waals surface area contributed by atoms with Crippen LogP contribution >= 0.6 is 0 Å². The zero-order valence-electron chi connectivity index (χ0n) is 12.7. The summed E-state index contributed by atoms with van der Waals surface area (Å²) in [7, 11) is 0. The molecule has 19 heavy (non-hydrogen) atoms. The average Bonchev–Trinajstić information content (AvgIpc) is 2.36. The summed E-state index contributed by atoms with van der Waals surface area (Å²) in [5, 5.41) is 4.11. The fourth-order valence-electron chi connectivity index (χ4n) is 6.22. The Hall–Kier alpha value is -0.0400. The highest BCUT2D eigenvalue weighted by molar-refractivity contribution is 5.06. The molecule has 5 saturated carbocycles. The molecular weight excluding hydrogens is 230 g/mol. The van der Waals surface area contributed by atoms with Crippen LogP contribution in [0.25, 0.3) is 0 Å². The third-order valence-corrected chi connectivity index (χ3v) is 6.94. The van der Waals surface area contributed by atoms with E-state index in [-0.39, 0.29) is 0 Å². The summed E-state index contributed by atoms with van der Waals surface area (Å²) < 4.78 is 0. The molecule has 0 unspecified atom stereocenters. The first kappa shape index (κ1) is 12.7. The van der Waals surface area contributed by atoms with E-state index in [0.717, 1.165) is 29.6 Å². The zero-order valence-corrected chi connectivity index (χ0v) is 12.7. The summed E-state index contributed by atoms with van der Waals surface area (Å²) in [6, 6.07) is 0. The number of rotatable bonds is 3. The van der Waals surface area contributed by atoms with Crippen molar-refractivity contribution in [3.05, 3.63) is 0 Å². The highest BCUT2D eigenvalue weighted by atomic mass is 15.0. The number of hydrogen-bond acceptors (Lipinski definition) is 1. The first-order valence-electron chi connectivity index (χ1n) is 8.96. The summed E-state index contributed by atoms with van der Waals surface area (Å²) >= 11 is 0. The smallest absolute Gasteiger partial charge is 0.0189 e. The fraction of sp³-hybridized carbons (Fsp3) is 1.00. The lowest BCUT2D eigenvalue weighted by atomic mass is 9.53. The van der Waals surface area contributed by atoms with Crippen molar-refractivity contribution >= 4 is 0 Å². The van der Waals surface area contributed by atoms with Crippen LogP contribution in [0.1, 0.15) is 71.1 Å². The van der Waals surface area contributed by atoms with E-state index in [1.165, 1.54) is 51.5 Å². The van der Waals surface area contributed by atoms with Gasteiger partial charge < -0.3 is 5.32 Å². The van der Waals surface area contributed by atoms with Crippen molar-refractivity contribution in [2.45, 2.75) is 76.7 Å². The second-order valence-corrected chi connectivity index (χ2v) is 8.70. The van der Waals surface area contributed by atoms with E-state index in [1.54, 1.807) is 19.3 Å². The van der Waals surface area contributed by atoms with Crippen LogP contribution in [0.2, 0.25) is 0 Å². The molecule has 0 amide bonds. The molecular formula is C18H31N. The average molecular weight is 261 g/mol. The molecule has 0 radical (unpaired) electrons. The molecule has 0 spiro atoms. The molecule has 0 heterocycles. The van der Waals surface area contributed by atoms with E-state index in [4.69, 9.17) is 0 Å². The van der Waals surface area contributed by atoms with Crippen LogP contribution in [0.15, 0.2) is 0 Å². The second kappa shape index (κ2) is 4.76. The van der Waals surface area contributed by atoms with Crippen LogP contribution in [0.4, 0.5) is 0 Å². The lowest BCUT2D eigenvalue weighted by molar-refractivity contribution is -0.0221. The Morgan fingerprint density at radius 1 is 0.842 bits per heavy atom. The van der Waals surface area contributed by atoms with Crippen LogP contribution < -0.4 is 5.32 Å². The van der Waals surface area contributed by atoms with Crippen molar-refractivity contribution in [1.82, 2.24) is 5.32 Å². The van der Waals surface area contributed by atoms with Crippen LogP contribution in [0, 0.1) is 29.6 Å². The minimum atomic E-state index is 0.595. The summed E-state index contributed by atoms with van der Waals surface area (Å²) in [4.78, 5) is 0. The Labute approximate surface area is 118 Å². The SMILES string of the molecule is CC1CCC(CNC23CC4CC(CC(C4)C2)C3)CC1. The molecule has 0 atom stereocenters. The largest absolute Gasteiger partial charge is 0.311 e. The molecule has 0 aromatic rings. The van der Waals surface area contributed by atoms with Crippen molar-refractivity contribution in [3.63, 3.8) is 0 Å². The van der Waals surface area contributed by atoms with Gasteiger partial charge in [-0.1, -0.05) is 19.8 Å². The lowest BCUT2D eigenvalue weighted by Gasteiger charge is -2.57. The van der Waals surface area contributed by atoms with Gasteiger partial charge in [-0.3, -0.25) is 0 Å². The molecule has 5 rings (SSSR count). The molecule has 0 aliphatic heterocycles. The zero-order chi connectivity index (χ0) is 12.9. The number of nitrogens with one attached hydrogen (secondary N) is 1. The first-order valence-corrected chi connectivity index (χ1v) is 8.96. The minimum absolute atomic E-state index is 0.595. The van der Waals surface area contributed by atoms with Gasteiger partial charge >= 0.3 is 0 Å². The molecule has 0 aromatic heterocycles. The minimum Gasteiger partial charge on any atom is -0.311 e. The predicted molar refractivity (Wildman–Crippen MR) is 80.0 cm³/mol. The maximum atomic E-state index is 4.11. The van der Waals surface area contributed by atoms with Gasteiger partial charge in [0.25, 0.3) is 0 Å². The van der Waals surface area contributed by atoms with Gasteiger partial charge in [-0.05, 0) is 87.5 Å². The standard InChI is InChI=1S/C18H31N/c1-13-2-4-14(5-3-13)12-19-18-9-15-6-16(10-18)8-17(7-15)11-18/h13-17,19H,2-12H2,1H3. The van der Waals surface area contributed by atoms with Crippen LogP contribution in [0.5, 0.6) is 0 Å². The van der Waals surface area contributed by atoms with E-state index in [9.17, 15) is 0 Å². The summed E-state index contributed by atoms with van der Waals surface area (Å²) in [6.45, 7) is 3.77. The predicted octanol–water partition coefficient (Wildman–Crippen LogP) is 4.37. The van der Waals surface area contributed by atoms with Crippen LogP contribution in [-0.4, -0.2) is 12.1 Å². The van der Waals surface area contributed by atoms with Crippen LogP contribution in [-0.2, 0) is 0 Å². The third kappa shape index (κ3) is 2.48. The van der Waals surface area contributed by atoms with Crippen molar-refractivity contribution in [1.29, 1.82) is 0 Å². The van der Waals surface area contributed by atoms with Gasteiger partial charge in [0, 0.05) is 5.54 Å². The summed E-state index contributed by atoms with van der Waals surface area (Å²) in [5.74, 6) is 5.25. The van der Waals surface area contributed by atoms with Gasteiger partial charge in [-0.25, -0.2) is 0 Å². The molecule has 1 nitrogen and oxygen atoms in total. The molecule has 4 bridgehead atoms. The highest BCUT2D eigenvalue weighted by Gasteiger charge is 2.50. The summed E-state index contributed by atoms with van der Waals surface area (Å²) in [5.41, 5.74) is 0.595. The molecule has 5 aliphatic carbocycles. The normalized spacial score (nSPS) is 52.6. The van der Waals surface area contributed by atoms with E-state index >= 15 is 0 Å². The first-order chi connectivity index (χ1) is 9.21. The van der Waals surface area contributed by atoms with E-state index in [2.05, 4.69) is 12.2 Å². The molecule has 5 fully saturated rings. The van der Waals surface area contributed by atoms with E-state index in [1.807, 2.05) is 0 Å². The molecule has 108 valence electrons. The lowest BCUT2D eigenvalue weighted by Crippen LogP contribution is -2.59. The van der Waals surface area contributed by atoms with Gasteiger partial charge in [0.2, 0.25) is 0 Å². The van der Waals surface area contributed by atoms with Crippen molar-refractivity contribution < 1.29 is 0 Å².